The molecule has 2 rings (SSSR count). The molecule has 3 heteroatoms. The maximum Gasteiger partial charge on any atom is 0.123 e. The molecule has 100 valence electrons. The molecule has 0 bridgehead atoms. The Bertz CT molecular complexity index is 396. The Morgan fingerprint density at radius 3 is 3.06 bits per heavy atom. The van der Waals surface area contributed by atoms with Crippen LogP contribution in [0.2, 0.25) is 0 Å². The fourth-order valence-electron chi connectivity index (χ4n) is 2.60. The summed E-state index contributed by atoms with van der Waals surface area (Å²) in [6.07, 6.45) is 2.20. The van der Waals surface area contributed by atoms with Crippen molar-refractivity contribution < 1.29 is 9.13 Å². The van der Waals surface area contributed by atoms with E-state index in [9.17, 15) is 4.39 Å². The second-order valence-corrected chi connectivity index (χ2v) is 5.56. The van der Waals surface area contributed by atoms with Gasteiger partial charge >= 0.3 is 0 Å². The van der Waals surface area contributed by atoms with E-state index in [4.69, 9.17) is 4.74 Å². The largest absolute Gasteiger partial charge is 0.383 e. The van der Waals surface area contributed by atoms with Crippen LogP contribution in [0.3, 0.4) is 0 Å². The van der Waals surface area contributed by atoms with Gasteiger partial charge in [0.05, 0.1) is 6.61 Å². The molecule has 18 heavy (non-hydrogen) atoms. The number of nitrogens with one attached hydrogen (secondary N) is 1. The van der Waals surface area contributed by atoms with Crippen LogP contribution >= 0.6 is 0 Å². The summed E-state index contributed by atoms with van der Waals surface area (Å²) in [5, 5.41) is 3.40. The van der Waals surface area contributed by atoms with Crippen molar-refractivity contribution in [1.82, 2.24) is 5.32 Å². The van der Waals surface area contributed by atoms with Crippen LogP contribution in [0.5, 0.6) is 0 Å². The Balaban J connectivity index is 1.77. The van der Waals surface area contributed by atoms with E-state index in [1.807, 2.05) is 6.07 Å². The van der Waals surface area contributed by atoms with Gasteiger partial charge in [0.2, 0.25) is 0 Å². The first-order valence-electron chi connectivity index (χ1n) is 6.58. The smallest absolute Gasteiger partial charge is 0.123 e. The number of halogens is 1. The Morgan fingerprint density at radius 2 is 2.33 bits per heavy atom. The molecular weight excluding hydrogens is 229 g/mol. The summed E-state index contributed by atoms with van der Waals surface area (Å²) in [6, 6.07) is 6.96. The maximum absolute atomic E-state index is 13.1. The van der Waals surface area contributed by atoms with E-state index in [2.05, 4.69) is 12.2 Å². The average molecular weight is 251 g/mol. The van der Waals surface area contributed by atoms with Crippen molar-refractivity contribution in [3.8, 4) is 0 Å². The lowest BCUT2D eigenvalue weighted by molar-refractivity contribution is 0.198. The second kappa shape index (κ2) is 5.81. The molecule has 0 aromatic heterocycles. The molecule has 0 aliphatic heterocycles. The van der Waals surface area contributed by atoms with Gasteiger partial charge in [-0.2, -0.15) is 0 Å². The van der Waals surface area contributed by atoms with E-state index in [1.165, 1.54) is 12.5 Å². The van der Waals surface area contributed by atoms with Crippen molar-refractivity contribution >= 4 is 0 Å². The highest BCUT2D eigenvalue weighted by molar-refractivity contribution is 5.20. The van der Waals surface area contributed by atoms with Crippen LogP contribution in [0.1, 0.15) is 18.9 Å². The van der Waals surface area contributed by atoms with Crippen LogP contribution in [0.25, 0.3) is 0 Å². The van der Waals surface area contributed by atoms with E-state index in [-0.39, 0.29) is 5.82 Å². The topological polar surface area (TPSA) is 21.3 Å². The van der Waals surface area contributed by atoms with E-state index >= 15 is 0 Å². The molecule has 0 saturated heterocycles. The number of rotatable bonds is 7. The summed E-state index contributed by atoms with van der Waals surface area (Å²) >= 11 is 0. The van der Waals surface area contributed by atoms with Crippen LogP contribution in [-0.4, -0.2) is 26.8 Å². The molecule has 2 nitrogen and oxygen atoms in total. The Kier molecular flexibility index (Phi) is 4.36. The van der Waals surface area contributed by atoms with E-state index < -0.39 is 0 Å². The normalized spacial score (nSPS) is 26.3. The lowest BCUT2D eigenvalue weighted by atomic mass is 9.96. The fourth-order valence-corrected chi connectivity index (χ4v) is 2.60. The molecule has 1 aromatic rings. The number of methoxy groups -OCH3 is 1. The van der Waals surface area contributed by atoms with Crippen molar-refractivity contribution in [3.05, 3.63) is 35.6 Å². The number of benzene rings is 1. The zero-order chi connectivity index (χ0) is 13.0. The lowest BCUT2D eigenvalue weighted by Gasteiger charge is -2.12. The van der Waals surface area contributed by atoms with Crippen LogP contribution in [0.4, 0.5) is 4.39 Å². The van der Waals surface area contributed by atoms with Crippen molar-refractivity contribution in [2.24, 2.45) is 11.3 Å². The Labute approximate surface area is 109 Å². The number of ether oxygens (including phenoxy) is 1. The zero-order valence-corrected chi connectivity index (χ0v) is 11.2. The van der Waals surface area contributed by atoms with Gasteiger partial charge in [0.15, 0.2) is 0 Å². The van der Waals surface area contributed by atoms with Crippen LogP contribution in [0.15, 0.2) is 24.3 Å². The van der Waals surface area contributed by atoms with Gasteiger partial charge in [-0.1, -0.05) is 19.1 Å². The van der Waals surface area contributed by atoms with Gasteiger partial charge in [0, 0.05) is 13.7 Å². The third-order valence-electron chi connectivity index (χ3n) is 3.91. The van der Waals surface area contributed by atoms with Gasteiger partial charge < -0.3 is 10.1 Å². The van der Waals surface area contributed by atoms with Crippen molar-refractivity contribution in [2.75, 3.05) is 26.8 Å². The monoisotopic (exact) mass is 251 g/mol. The minimum absolute atomic E-state index is 0.133. The summed E-state index contributed by atoms with van der Waals surface area (Å²) in [5.41, 5.74) is 1.45. The van der Waals surface area contributed by atoms with Crippen LogP contribution in [-0.2, 0) is 11.2 Å². The zero-order valence-electron chi connectivity index (χ0n) is 11.2. The molecule has 1 fully saturated rings. The third kappa shape index (κ3) is 3.53. The third-order valence-corrected chi connectivity index (χ3v) is 3.91. The second-order valence-electron chi connectivity index (χ2n) is 5.56. The summed E-state index contributed by atoms with van der Waals surface area (Å²) < 4.78 is 18.1. The van der Waals surface area contributed by atoms with Gasteiger partial charge in [-0.15, -0.1) is 0 Å². The quantitative estimate of drug-likeness (QED) is 0.752. The molecule has 0 spiro atoms. The first kappa shape index (κ1) is 13.5. The van der Waals surface area contributed by atoms with E-state index in [1.54, 1.807) is 19.2 Å². The molecule has 0 heterocycles. The average Bonchev–Trinajstić information content (AvgIpc) is 2.95. The molecule has 1 aliphatic rings. The van der Waals surface area contributed by atoms with E-state index in [0.717, 1.165) is 31.7 Å². The minimum atomic E-state index is -0.133. The molecule has 2 atom stereocenters. The summed E-state index contributed by atoms with van der Waals surface area (Å²) in [4.78, 5) is 0. The van der Waals surface area contributed by atoms with Crippen molar-refractivity contribution in [3.63, 3.8) is 0 Å². The predicted octanol–water partition coefficient (Wildman–Crippen LogP) is 2.63. The molecule has 0 amide bonds. The van der Waals surface area contributed by atoms with Gasteiger partial charge in [0.25, 0.3) is 0 Å². The highest BCUT2D eigenvalue weighted by Crippen LogP contribution is 2.53. The minimum Gasteiger partial charge on any atom is -0.383 e. The molecular formula is C15H22FNO. The summed E-state index contributed by atoms with van der Waals surface area (Å²) in [7, 11) is 1.72. The molecule has 0 radical (unpaired) electrons. The molecule has 1 aromatic carbocycles. The molecule has 2 unspecified atom stereocenters. The van der Waals surface area contributed by atoms with Crippen LogP contribution in [0, 0.1) is 17.2 Å². The van der Waals surface area contributed by atoms with Gasteiger partial charge in [-0.3, -0.25) is 0 Å². The molecule has 1 aliphatic carbocycles. The fraction of sp³-hybridized carbons (Fsp3) is 0.600. The first-order chi connectivity index (χ1) is 8.64. The van der Waals surface area contributed by atoms with Gasteiger partial charge in [-0.05, 0) is 48.4 Å². The van der Waals surface area contributed by atoms with Gasteiger partial charge in [-0.25, -0.2) is 4.39 Å². The predicted molar refractivity (Wildman–Crippen MR) is 71.1 cm³/mol. The van der Waals surface area contributed by atoms with Crippen LogP contribution < -0.4 is 5.32 Å². The SMILES string of the molecule is COCCNCC1CC1(C)Cc1cccc(F)c1. The number of hydrogen-bond donors (Lipinski definition) is 1. The first-order valence-corrected chi connectivity index (χ1v) is 6.58. The van der Waals surface area contributed by atoms with Crippen molar-refractivity contribution in [2.45, 2.75) is 19.8 Å². The Hall–Kier alpha value is -0.930. The van der Waals surface area contributed by atoms with E-state index in [0.29, 0.717) is 11.3 Å². The standard InChI is InChI=1S/C15H22FNO/c1-15(9-12-4-3-5-14(16)8-12)10-13(15)11-17-6-7-18-2/h3-5,8,13,17H,6-7,9-11H2,1-2H3. The Morgan fingerprint density at radius 1 is 1.50 bits per heavy atom. The van der Waals surface area contributed by atoms with Crippen molar-refractivity contribution in [1.29, 1.82) is 0 Å². The summed E-state index contributed by atoms with van der Waals surface area (Å²) in [5.74, 6) is 0.573. The lowest BCUT2D eigenvalue weighted by Crippen LogP contribution is -2.23. The summed E-state index contributed by atoms with van der Waals surface area (Å²) in [6.45, 7) is 4.99. The molecule has 1 N–H and O–H groups in total. The maximum atomic E-state index is 13.1. The highest BCUT2D eigenvalue weighted by Gasteiger charge is 2.48. The highest BCUT2D eigenvalue weighted by atomic mass is 19.1. The van der Waals surface area contributed by atoms with Gasteiger partial charge in [0.1, 0.15) is 5.82 Å². The number of hydrogen-bond acceptors (Lipinski definition) is 2. The molecule has 1 saturated carbocycles.